The normalized spacial score (nSPS) is 24.8. The molecule has 1 aromatic carbocycles. The van der Waals surface area contributed by atoms with Crippen molar-refractivity contribution in [2.24, 2.45) is 5.41 Å². The summed E-state index contributed by atoms with van der Waals surface area (Å²) in [5.74, 6) is -0.229. The molecule has 2 atom stereocenters. The minimum atomic E-state index is -2.33. The van der Waals surface area contributed by atoms with Gasteiger partial charge in [-0.25, -0.2) is 0 Å². The first-order valence-corrected chi connectivity index (χ1v) is 14.7. The maximum atomic E-state index is 13.7. The summed E-state index contributed by atoms with van der Waals surface area (Å²) < 4.78 is 12.3. The Bertz CT molecular complexity index is 952. The third-order valence-electron chi connectivity index (χ3n) is 8.08. The summed E-state index contributed by atoms with van der Waals surface area (Å²) >= 11 is 0. The highest BCUT2D eigenvalue weighted by Crippen LogP contribution is 2.65. The standard InChI is InChI=1S/C26H40N2O4Si/c1-10-17-28-21(29)18-25(32-33(8,9)23(2,3)4)19-13-11-12-14-20(19)27-26(25,28)24(5,6)16-15-22(30)31-7/h10-14,27H,1,15-18H2,2-9H3/t25-,26?/m1/s1. The van der Waals surface area contributed by atoms with Crippen molar-refractivity contribution in [2.75, 3.05) is 19.0 Å². The number of benzene rings is 1. The molecule has 182 valence electrons. The molecule has 1 aromatic rings. The van der Waals surface area contributed by atoms with Crippen molar-refractivity contribution < 1.29 is 18.8 Å². The van der Waals surface area contributed by atoms with Gasteiger partial charge in [0, 0.05) is 29.6 Å². The van der Waals surface area contributed by atoms with Crippen molar-refractivity contribution in [1.82, 2.24) is 4.90 Å². The molecule has 1 N–H and O–H groups in total. The molecule has 1 amide bonds. The molecule has 2 aliphatic heterocycles. The first-order valence-electron chi connectivity index (χ1n) is 11.8. The van der Waals surface area contributed by atoms with Crippen LogP contribution in [-0.4, -0.2) is 44.4 Å². The Morgan fingerprint density at radius 2 is 1.88 bits per heavy atom. The van der Waals surface area contributed by atoms with Gasteiger partial charge in [0.05, 0.1) is 13.5 Å². The fraction of sp³-hybridized carbons (Fsp3) is 0.615. The van der Waals surface area contributed by atoms with Crippen LogP contribution in [0.25, 0.3) is 0 Å². The van der Waals surface area contributed by atoms with Crippen LogP contribution in [0.2, 0.25) is 18.1 Å². The van der Waals surface area contributed by atoms with Gasteiger partial charge >= 0.3 is 5.97 Å². The van der Waals surface area contributed by atoms with Gasteiger partial charge in [-0.15, -0.1) is 6.58 Å². The number of hydrogen-bond acceptors (Lipinski definition) is 5. The minimum absolute atomic E-state index is 0.0294. The summed E-state index contributed by atoms with van der Waals surface area (Å²) in [6.07, 6.45) is 2.81. The predicted molar refractivity (Wildman–Crippen MR) is 134 cm³/mol. The summed E-state index contributed by atoms with van der Waals surface area (Å²) in [6, 6.07) is 8.15. The Morgan fingerprint density at radius 3 is 2.45 bits per heavy atom. The molecule has 1 fully saturated rings. The summed E-state index contributed by atoms with van der Waals surface area (Å²) in [5, 5.41) is 3.73. The number of esters is 1. The quantitative estimate of drug-likeness (QED) is 0.311. The van der Waals surface area contributed by atoms with Gasteiger partial charge in [0.25, 0.3) is 0 Å². The minimum Gasteiger partial charge on any atom is -0.469 e. The molecule has 0 spiro atoms. The van der Waals surface area contributed by atoms with Crippen molar-refractivity contribution in [3.63, 3.8) is 0 Å². The van der Waals surface area contributed by atoms with Crippen molar-refractivity contribution >= 4 is 25.9 Å². The van der Waals surface area contributed by atoms with E-state index in [1.807, 2.05) is 17.0 Å². The summed E-state index contributed by atoms with van der Waals surface area (Å²) in [7, 11) is -0.921. The largest absolute Gasteiger partial charge is 0.469 e. The average molecular weight is 473 g/mol. The third-order valence-corrected chi connectivity index (χ3v) is 12.5. The summed E-state index contributed by atoms with van der Waals surface area (Å²) in [5.41, 5.74) is -0.299. The number of para-hydroxylation sites is 1. The van der Waals surface area contributed by atoms with Crippen LogP contribution in [0, 0.1) is 5.41 Å². The number of fused-ring (bicyclic) bond motifs is 3. The molecule has 0 bridgehead atoms. The van der Waals surface area contributed by atoms with E-state index in [1.54, 1.807) is 6.08 Å². The maximum Gasteiger partial charge on any atom is 0.305 e. The Morgan fingerprint density at radius 1 is 1.24 bits per heavy atom. The topological polar surface area (TPSA) is 67.9 Å². The first kappa shape index (κ1) is 25.5. The van der Waals surface area contributed by atoms with E-state index in [2.05, 4.69) is 71.7 Å². The maximum absolute atomic E-state index is 13.7. The van der Waals surface area contributed by atoms with Crippen LogP contribution in [0.4, 0.5) is 5.69 Å². The molecule has 0 aliphatic carbocycles. The lowest BCUT2D eigenvalue weighted by Gasteiger charge is -2.56. The molecule has 1 unspecified atom stereocenters. The van der Waals surface area contributed by atoms with Crippen molar-refractivity contribution in [2.45, 2.75) is 83.3 Å². The fourth-order valence-electron chi connectivity index (χ4n) is 5.34. The number of likely N-dealkylation sites (tertiary alicyclic amines) is 1. The van der Waals surface area contributed by atoms with Crippen LogP contribution in [0.1, 0.15) is 59.4 Å². The third kappa shape index (κ3) is 3.73. The number of amides is 1. The van der Waals surface area contributed by atoms with E-state index in [4.69, 9.17) is 9.16 Å². The van der Waals surface area contributed by atoms with E-state index in [0.29, 0.717) is 13.0 Å². The highest BCUT2D eigenvalue weighted by atomic mass is 28.4. The smallest absolute Gasteiger partial charge is 0.305 e. The van der Waals surface area contributed by atoms with Gasteiger partial charge in [-0.3, -0.25) is 9.59 Å². The van der Waals surface area contributed by atoms with Crippen molar-refractivity contribution in [1.29, 1.82) is 0 Å². The highest BCUT2D eigenvalue weighted by molar-refractivity contribution is 6.74. The molecule has 6 nitrogen and oxygen atoms in total. The molecule has 3 rings (SSSR count). The molecule has 2 heterocycles. The zero-order valence-corrected chi connectivity index (χ0v) is 22.5. The van der Waals surface area contributed by atoms with Crippen molar-refractivity contribution in [3.8, 4) is 0 Å². The van der Waals surface area contributed by atoms with E-state index in [9.17, 15) is 9.59 Å². The van der Waals surface area contributed by atoms with Gasteiger partial charge in [-0.1, -0.05) is 58.9 Å². The van der Waals surface area contributed by atoms with Gasteiger partial charge in [0.15, 0.2) is 14.0 Å². The predicted octanol–water partition coefficient (Wildman–Crippen LogP) is 5.42. The van der Waals surface area contributed by atoms with Crippen LogP contribution in [0.3, 0.4) is 0 Å². The Kier molecular flexibility index (Phi) is 6.39. The van der Waals surface area contributed by atoms with Gasteiger partial charge in [-0.05, 0) is 30.6 Å². The number of ether oxygens (including phenoxy) is 1. The van der Waals surface area contributed by atoms with E-state index < -0.39 is 25.0 Å². The van der Waals surface area contributed by atoms with Crippen LogP contribution in [0.5, 0.6) is 0 Å². The van der Waals surface area contributed by atoms with E-state index in [0.717, 1.165) is 11.3 Å². The second-order valence-corrected chi connectivity index (χ2v) is 16.2. The first-order chi connectivity index (χ1) is 15.2. The number of methoxy groups -OCH3 is 1. The van der Waals surface area contributed by atoms with Crippen LogP contribution < -0.4 is 5.32 Å². The van der Waals surface area contributed by atoms with E-state index in [1.165, 1.54) is 7.11 Å². The van der Waals surface area contributed by atoms with Crippen molar-refractivity contribution in [3.05, 3.63) is 42.5 Å². The van der Waals surface area contributed by atoms with Crippen LogP contribution in [0.15, 0.2) is 36.9 Å². The monoisotopic (exact) mass is 472 g/mol. The Balaban J connectivity index is 2.29. The Hall–Kier alpha value is -2.12. The highest BCUT2D eigenvalue weighted by Gasteiger charge is 2.74. The Labute approximate surface area is 199 Å². The number of rotatable bonds is 8. The molecular weight excluding hydrogens is 432 g/mol. The lowest BCUT2D eigenvalue weighted by molar-refractivity contribution is -0.144. The second-order valence-electron chi connectivity index (χ2n) is 11.5. The fourth-order valence-corrected chi connectivity index (χ4v) is 6.85. The number of carbonyl (C=O) groups is 2. The molecule has 33 heavy (non-hydrogen) atoms. The summed E-state index contributed by atoms with van der Waals surface area (Å²) in [4.78, 5) is 27.7. The molecule has 0 saturated carbocycles. The van der Waals surface area contributed by atoms with E-state index in [-0.39, 0.29) is 29.8 Å². The van der Waals surface area contributed by atoms with Gasteiger partial charge in [-0.2, -0.15) is 0 Å². The number of anilines is 1. The van der Waals surface area contributed by atoms with Crippen LogP contribution in [-0.2, 0) is 24.4 Å². The van der Waals surface area contributed by atoms with Crippen LogP contribution >= 0.6 is 0 Å². The van der Waals surface area contributed by atoms with E-state index >= 15 is 0 Å². The van der Waals surface area contributed by atoms with Gasteiger partial charge < -0.3 is 19.4 Å². The number of nitrogens with one attached hydrogen (secondary N) is 1. The second kappa shape index (κ2) is 8.27. The number of hydrogen-bond donors (Lipinski definition) is 1. The SMILES string of the molecule is C=CCN1C(=O)C[C@@]2(O[Si](C)(C)C(C)(C)C)c3ccccc3NC12C(C)(C)CCC(=O)OC. The molecular formula is C26H40N2O4Si. The molecule has 2 aliphatic rings. The molecule has 7 heteroatoms. The number of nitrogens with zero attached hydrogens (tertiary/aromatic N) is 1. The van der Waals surface area contributed by atoms with Gasteiger partial charge in [0.2, 0.25) is 5.91 Å². The lowest BCUT2D eigenvalue weighted by atomic mass is 9.66. The molecule has 0 radical (unpaired) electrons. The molecule has 0 aromatic heterocycles. The average Bonchev–Trinajstić information content (AvgIpc) is 3.12. The van der Waals surface area contributed by atoms with Gasteiger partial charge in [0.1, 0.15) is 5.60 Å². The lowest BCUT2D eigenvalue weighted by Crippen LogP contribution is -2.69. The zero-order chi connectivity index (χ0) is 24.9. The molecule has 1 saturated heterocycles. The number of carbonyl (C=O) groups excluding carboxylic acids is 2. The zero-order valence-electron chi connectivity index (χ0n) is 21.5. The summed E-state index contributed by atoms with van der Waals surface area (Å²) in [6.45, 7) is 19.7.